The van der Waals surface area contributed by atoms with E-state index in [9.17, 15) is 14.0 Å². The number of rotatable bonds is 10. The quantitative estimate of drug-likeness (QED) is 0.446. The fourth-order valence-electron chi connectivity index (χ4n) is 3.16. The average molecular weight is 426 g/mol. The molecule has 2 aromatic rings. The minimum Gasteiger partial charge on any atom is -0.493 e. The van der Waals surface area contributed by atoms with Gasteiger partial charge in [0.15, 0.2) is 5.76 Å². The summed E-state index contributed by atoms with van der Waals surface area (Å²) < 4.78 is 24.3. The minimum atomic E-state index is -0.362. The van der Waals surface area contributed by atoms with E-state index in [2.05, 4.69) is 10.6 Å². The number of fused-ring (bicyclic) bond motifs is 1. The smallest absolute Gasteiger partial charge is 0.251 e. The first kappa shape index (κ1) is 22.5. The van der Waals surface area contributed by atoms with Gasteiger partial charge in [-0.3, -0.25) is 9.59 Å². The fourth-order valence-corrected chi connectivity index (χ4v) is 3.16. The molecular formula is C24H27FN2O4. The van der Waals surface area contributed by atoms with Crippen LogP contribution in [0, 0.1) is 5.82 Å². The maximum atomic E-state index is 12.9. The normalized spacial score (nSPS) is 12.4. The monoisotopic (exact) mass is 426 g/mol. The molecular weight excluding hydrogens is 399 g/mol. The van der Waals surface area contributed by atoms with Crippen LogP contribution in [0.15, 0.2) is 53.8 Å². The molecule has 1 amide bonds. The molecule has 0 aliphatic carbocycles. The number of hydrogen-bond acceptors (Lipinski definition) is 5. The van der Waals surface area contributed by atoms with Crippen LogP contribution >= 0.6 is 0 Å². The summed E-state index contributed by atoms with van der Waals surface area (Å²) in [5, 5.41) is 6.10. The van der Waals surface area contributed by atoms with E-state index in [1.165, 1.54) is 24.3 Å². The van der Waals surface area contributed by atoms with Crippen LogP contribution in [0.4, 0.5) is 4.39 Å². The van der Waals surface area contributed by atoms with Crippen LogP contribution in [0.2, 0.25) is 0 Å². The third kappa shape index (κ3) is 5.92. The first-order valence-electron chi connectivity index (χ1n) is 10.4. The van der Waals surface area contributed by atoms with Crippen molar-refractivity contribution in [1.82, 2.24) is 10.6 Å². The molecule has 1 aliphatic rings. The van der Waals surface area contributed by atoms with E-state index in [-0.39, 0.29) is 17.5 Å². The van der Waals surface area contributed by atoms with Crippen LogP contribution in [-0.2, 0) is 0 Å². The first-order chi connectivity index (χ1) is 15.0. The summed E-state index contributed by atoms with van der Waals surface area (Å²) in [7, 11) is 0. The Morgan fingerprint density at radius 1 is 1.03 bits per heavy atom. The topological polar surface area (TPSA) is 76.7 Å². The molecule has 0 aromatic heterocycles. The van der Waals surface area contributed by atoms with Gasteiger partial charge in [-0.05, 0) is 81.7 Å². The van der Waals surface area contributed by atoms with E-state index >= 15 is 0 Å². The second kappa shape index (κ2) is 10.7. The Hall–Kier alpha value is -3.19. The molecule has 6 nitrogen and oxygen atoms in total. The van der Waals surface area contributed by atoms with Crippen molar-refractivity contribution in [2.75, 3.05) is 26.2 Å². The van der Waals surface area contributed by atoms with E-state index in [1.807, 2.05) is 19.9 Å². The van der Waals surface area contributed by atoms with Crippen LogP contribution in [0.5, 0.6) is 11.5 Å². The van der Waals surface area contributed by atoms with Crippen LogP contribution in [-0.4, -0.2) is 37.9 Å². The SMILES string of the molecule is CC(C)=C1Oc2cccc(OCCCNCCCNC(=O)c3ccc(F)cc3)c2C1=O. The lowest BCUT2D eigenvalue weighted by atomic mass is 10.1. The predicted octanol–water partition coefficient (Wildman–Crippen LogP) is 3.87. The zero-order valence-electron chi connectivity index (χ0n) is 17.8. The highest BCUT2D eigenvalue weighted by atomic mass is 19.1. The number of nitrogens with one attached hydrogen (secondary N) is 2. The Balaban J connectivity index is 1.30. The highest BCUT2D eigenvalue weighted by Crippen LogP contribution is 2.38. The molecule has 2 aromatic carbocycles. The number of ether oxygens (including phenoxy) is 2. The minimum absolute atomic E-state index is 0.133. The summed E-state index contributed by atoms with van der Waals surface area (Å²) in [6, 6.07) is 10.8. The van der Waals surface area contributed by atoms with Crippen molar-refractivity contribution in [3.05, 3.63) is 70.7 Å². The number of allylic oxidation sites excluding steroid dienone is 2. The number of ketones is 1. The van der Waals surface area contributed by atoms with Crippen molar-refractivity contribution in [3.8, 4) is 11.5 Å². The number of benzene rings is 2. The zero-order valence-corrected chi connectivity index (χ0v) is 17.8. The van der Waals surface area contributed by atoms with Gasteiger partial charge in [0.1, 0.15) is 22.9 Å². The second-order valence-electron chi connectivity index (χ2n) is 7.46. The first-order valence-corrected chi connectivity index (χ1v) is 10.4. The summed E-state index contributed by atoms with van der Waals surface area (Å²) >= 11 is 0. The Morgan fingerprint density at radius 2 is 1.77 bits per heavy atom. The van der Waals surface area contributed by atoms with Gasteiger partial charge in [-0.2, -0.15) is 0 Å². The molecule has 3 rings (SSSR count). The van der Waals surface area contributed by atoms with E-state index < -0.39 is 0 Å². The van der Waals surface area contributed by atoms with Gasteiger partial charge in [0.05, 0.1) is 6.61 Å². The Kier molecular flexibility index (Phi) is 7.78. The van der Waals surface area contributed by atoms with Crippen LogP contribution in [0.25, 0.3) is 0 Å². The molecule has 0 unspecified atom stereocenters. The summed E-state index contributed by atoms with van der Waals surface area (Å²) in [5.74, 6) is 0.755. The number of amides is 1. The standard InChI is InChI=1S/C24H27FN2O4/c1-16(2)23-22(28)21-19(6-3-7-20(21)31-23)30-15-5-13-26-12-4-14-27-24(29)17-8-10-18(25)11-9-17/h3,6-11,26H,4-5,12-15H2,1-2H3,(H,27,29). The van der Waals surface area contributed by atoms with Gasteiger partial charge >= 0.3 is 0 Å². The maximum Gasteiger partial charge on any atom is 0.251 e. The van der Waals surface area contributed by atoms with Crippen LogP contribution < -0.4 is 20.1 Å². The molecule has 0 bridgehead atoms. The molecule has 1 aliphatic heterocycles. The number of Topliss-reactive ketones (excluding diaryl/α,β-unsaturated/α-hetero) is 1. The maximum absolute atomic E-state index is 12.9. The van der Waals surface area contributed by atoms with Crippen molar-refractivity contribution >= 4 is 11.7 Å². The van der Waals surface area contributed by atoms with Gasteiger partial charge in [-0.25, -0.2) is 4.39 Å². The fraction of sp³-hybridized carbons (Fsp3) is 0.333. The molecule has 0 radical (unpaired) electrons. The Labute approximate surface area is 181 Å². The van der Waals surface area contributed by atoms with Crippen LogP contribution in [0.1, 0.15) is 47.4 Å². The lowest BCUT2D eigenvalue weighted by molar-refractivity contribution is 0.0952. The van der Waals surface area contributed by atoms with Gasteiger partial charge in [-0.15, -0.1) is 0 Å². The molecule has 2 N–H and O–H groups in total. The lowest BCUT2D eigenvalue weighted by Crippen LogP contribution is -2.27. The lowest BCUT2D eigenvalue weighted by Gasteiger charge is -2.09. The number of halogens is 1. The second-order valence-corrected chi connectivity index (χ2v) is 7.46. The largest absolute Gasteiger partial charge is 0.493 e. The van der Waals surface area contributed by atoms with Crippen molar-refractivity contribution in [1.29, 1.82) is 0 Å². The van der Waals surface area contributed by atoms with Gasteiger partial charge in [-0.1, -0.05) is 6.07 Å². The highest BCUT2D eigenvalue weighted by Gasteiger charge is 2.31. The molecule has 0 atom stereocenters. The Morgan fingerprint density at radius 3 is 2.52 bits per heavy atom. The highest BCUT2D eigenvalue weighted by molar-refractivity contribution is 6.14. The van der Waals surface area contributed by atoms with E-state index in [4.69, 9.17) is 9.47 Å². The molecule has 0 saturated heterocycles. The average Bonchev–Trinajstić information content (AvgIpc) is 3.10. The Bertz CT molecular complexity index is 966. The van der Waals surface area contributed by atoms with Crippen molar-refractivity contribution in [3.63, 3.8) is 0 Å². The third-order valence-corrected chi connectivity index (χ3v) is 4.77. The number of hydrogen-bond donors (Lipinski definition) is 2. The number of carbonyl (C=O) groups is 2. The van der Waals surface area contributed by atoms with Crippen molar-refractivity contribution in [2.24, 2.45) is 0 Å². The molecule has 31 heavy (non-hydrogen) atoms. The van der Waals surface area contributed by atoms with E-state index in [1.54, 1.807) is 12.1 Å². The van der Waals surface area contributed by atoms with Crippen LogP contribution in [0.3, 0.4) is 0 Å². The predicted molar refractivity (Wildman–Crippen MR) is 116 cm³/mol. The number of carbonyl (C=O) groups excluding carboxylic acids is 2. The van der Waals surface area contributed by atoms with Gasteiger partial charge < -0.3 is 20.1 Å². The van der Waals surface area contributed by atoms with Gasteiger partial charge in [0, 0.05) is 12.1 Å². The zero-order chi connectivity index (χ0) is 22.2. The molecule has 7 heteroatoms. The molecule has 1 heterocycles. The molecule has 164 valence electrons. The van der Waals surface area contributed by atoms with Gasteiger partial charge in [0.25, 0.3) is 5.91 Å². The van der Waals surface area contributed by atoms with Crippen molar-refractivity contribution < 1.29 is 23.5 Å². The molecule has 0 saturated carbocycles. The van der Waals surface area contributed by atoms with Gasteiger partial charge in [0.2, 0.25) is 5.78 Å². The summed E-state index contributed by atoms with van der Waals surface area (Å²) in [4.78, 5) is 24.4. The third-order valence-electron chi connectivity index (χ3n) is 4.77. The van der Waals surface area contributed by atoms with E-state index in [0.29, 0.717) is 41.5 Å². The molecule has 0 spiro atoms. The molecule has 0 fully saturated rings. The summed E-state index contributed by atoms with van der Waals surface area (Å²) in [5.41, 5.74) is 1.77. The summed E-state index contributed by atoms with van der Waals surface area (Å²) in [6.07, 6.45) is 1.55. The van der Waals surface area contributed by atoms with E-state index in [0.717, 1.165) is 31.5 Å². The van der Waals surface area contributed by atoms with Crippen molar-refractivity contribution in [2.45, 2.75) is 26.7 Å². The summed E-state index contributed by atoms with van der Waals surface area (Å²) in [6.45, 7) is 6.21.